The maximum absolute atomic E-state index is 11.6. The van der Waals surface area contributed by atoms with Crippen molar-refractivity contribution in [2.45, 2.75) is 10.5 Å². The van der Waals surface area contributed by atoms with Crippen LogP contribution in [0.5, 0.6) is 0 Å². The fourth-order valence-corrected chi connectivity index (χ4v) is 1.17. The first-order valence-electron chi connectivity index (χ1n) is 2.43. The van der Waals surface area contributed by atoms with Gasteiger partial charge in [-0.15, -0.1) is 0 Å². The van der Waals surface area contributed by atoms with Gasteiger partial charge in [0.25, 0.3) is 0 Å². The summed E-state index contributed by atoms with van der Waals surface area (Å²) in [6.45, 7) is 0. The van der Waals surface area contributed by atoms with E-state index < -0.39 is 5.51 Å². The van der Waals surface area contributed by atoms with Crippen LogP contribution in [0, 0.1) is 0 Å². The highest BCUT2D eigenvalue weighted by atomic mass is 35.5. The van der Waals surface area contributed by atoms with Crippen LogP contribution in [0.2, 0.25) is 5.28 Å². The number of hydrogen-bond donors (Lipinski definition) is 1. The molecule has 0 bridgehead atoms. The molecule has 1 rings (SSSR count). The van der Waals surface area contributed by atoms with E-state index in [1.165, 1.54) is 0 Å². The minimum atomic E-state index is -4.30. The second-order valence-electron chi connectivity index (χ2n) is 1.59. The van der Waals surface area contributed by atoms with E-state index in [9.17, 15) is 13.2 Å². The number of nitrogens with zero attached hydrogens (tertiary/aromatic N) is 1. The van der Waals surface area contributed by atoms with Crippen LogP contribution in [0.4, 0.5) is 13.2 Å². The summed E-state index contributed by atoms with van der Waals surface area (Å²) in [5.74, 6) is 0. The van der Waals surface area contributed by atoms with E-state index >= 15 is 0 Å². The molecule has 0 aromatic carbocycles. The van der Waals surface area contributed by atoms with E-state index in [-0.39, 0.29) is 22.1 Å². The Hall–Kier alpha value is -0.360. The lowest BCUT2D eigenvalue weighted by Crippen LogP contribution is -1.98. The highest BCUT2D eigenvalue weighted by molar-refractivity contribution is 8.00. The van der Waals surface area contributed by atoms with E-state index in [4.69, 9.17) is 11.6 Å². The van der Waals surface area contributed by atoms with E-state index in [0.717, 1.165) is 6.20 Å². The van der Waals surface area contributed by atoms with Crippen LogP contribution in [-0.4, -0.2) is 15.5 Å². The summed E-state index contributed by atoms with van der Waals surface area (Å²) in [6.07, 6.45) is 1.03. The first-order chi connectivity index (χ1) is 4.97. The molecule has 0 saturated carbocycles. The van der Waals surface area contributed by atoms with Gasteiger partial charge in [0.05, 0.1) is 6.20 Å². The molecular formula is C4H2ClF3N2S. The third kappa shape index (κ3) is 3.02. The molecule has 0 atom stereocenters. The van der Waals surface area contributed by atoms with Crippen molar-refractivity contribution in [1.29, 1.82) is 0 Å². The van der Waals surface area contributed by atoms with Crippen molar-refractivity contribution in [1.82, 2.24) is 9.97 Å². The smallest absolute Gasteiger partial charge is 0.324 e. The molecule has 0 radical (unpaired) electrons. The number of halogens is 4. The molecule has 0 spiro atoms. The van der Waals surface area contributed by atoms with Crippen LogP contribution in [0.3, 0.4) is 0 Å². The molecule has 7 heteroatoms. The minimum Gasteiger partial charge on any atom is -0.324 e. The number of nitrogens with one attached hydrogen (secondary N) is 1. The number of aromatic amines is 1. The fourth-order valence-electron chi connectivity index (χ4n) is 0.458. The van der Waals surface area contributed by atoms with Gasteiger partial charge in [-0.25, -0.2) is 4.98 Å². The third-order valence-electron chi connectivity index (χ3n) is 0.747. The van der Waals surface area contributed by atoms with Crippen LogP contribution in [0.25, 0.3) is 0 Å². The van der Waals surface area contributed by atoms with E-state index in [1.807, 2.05) is 0 Å². The van der Waals surface area contributed by atoms with Crippen molar-refractivity contribution in [2.24, 2.45) is 0 Å². The van der Waals surface area contributed by atoms with Crippen LogP contribution in [0.15, 0.2) is 11.2 Å². The SMILES string of the molecule is FC(F)(F)Sc1cnc(Cl)[nH]1. The minimum absolute atomic E-state index is 0.0447. The standard InChI is InChI=1S/C4H2ClF3N2S/c5-3-9-1-2(10-3)11-4(6,7)8/h1H,(H,9,10). The quantitative estimate of drug-likeness (QED) is 0.710. The maximum atomic E-state index is 11.6. The molecular weight excluding hydrogens is 201 g/mol. The van der Waals surface area contributed by atoms with Gasteiger partial charge >= 0.3 is 5.51 Å². The Balaban J connectivity index is 2.65. The first kappa shape index (κ1) is 8.73. The molecule has 0 fully saturated rings. The van der Waals surface area contributed by atoms with E-state index in [0.29, 0.717) is 0 Å². The summed E-state index contributed by atoms with van der Waals surface area (Å²) < 4.78 is 34.9. The van der Waals surface area contributed by atoms with Gasteiger partial charge in [-0.2, -0.15) is 13.2 Å². The number of rotatable bonds is 1. The molecule has 0 aliphatic carbocycles. The van der Waals surface area contributed by atoms with Crippen molar-refractivity contribution in [3.05, 3.63) is 11.5 Å². The second-order valence-corrected chi connectivity index (χ2v) is 3.05. The summed E-state index contributed by atoms with van der Waals surface area (Å²) in [7, 11) is 0. The summed E-state index contributed by atoms with van der Waals surface area (Å²) in [5, 5.41) is -0.153. The Morgan fingerprint density at radius 1 is 1.55 bits per heavy atom. The molecule has 1 aromatic heterocycles. The predicted octanol–water partition coefficient (Wildman–Crippen LogP) is 2.67. The lowest BCUT2D eigenvalue weighted by molar-refractivity contribution is -0.0329. The Morgan fingerprint density at radius 3 is 2.55 bits per heavy atom. The molecule has 1 aromatic rings. The molecule has 0 amide bonds. The highest BCUT2D eigenvalue weighted by Gasteiger charge is 2.30. The number of alkyl halides is 3. The van der Waals surface area contributed by atoms with Gasteiger partial charge in [-0.05, 0) is 11.6 Å². The van der Waals surface area contributed by atoms with Gasteiger partial charge in [0, 0.05) is 11.8 Å². The summed E-state index contributed by atoms with van der Waals surface area (Å²) in [4.78, 5) is 5.62. The predicted molar refractivity (Wildman–Crippen MR) is 35.5 cm³/mol. The number of H-pyrrole nitrogens is 1. The Kier molecular flexibility index (Phi) is 2.34. The fraction of sp³-hybridized carbons (Fsp3) is 0.250. The lowest BCUT2D eigenvalue weighted by Gasteiger charge is -2.00. The van der Waals surface area contributed by atoms with Crippen LogP contribution < -0.4 is 0 Å². The van der Waals surface area contributed by atoms with E-state index in [2.05, 4.69) is 9.97 Å². The topological polar surface area (TPSA) is 28.7 Å². The average molecular weight is 203 g/mol. The zero-order chi connectivity index (χ0) is 8.48. The Bertz CT molecular complexity index is 246. The molecule has 1 heterocycles. The van der Waals surface area contributed by atoms with Gasteiger partial charge in [0.15, 0.2) is 0 Å². The van der Waals surface area contributed by atoms with Gasteiger partial charge in [-0.1, -0.05) is 0 Å². The van der Waals surface area contributed by atoms with Gasteiger partial charge in [-0.3, -0.25) is 0 Å². The maximum Gasteiger partial charge on any atom is 0.447 e. The highest BCUT2D eigenvalue weighted by Crippen LogP contribution is 2.35. The molecule has 0 aliphatic heterocycles. The van der Waals surface area contributed by atoms with Gasteiger partial charge < -0.3 is 4.98 Å². The summed E-state index contributed by atoms with van der Waals surface area (Å²) in [5.41, 5.74) is -4.30. The Morgan fingerprint density at radius 2 is 2.18 bits per heavy atom. The number of thioether (sulfide) groups is 1. The van der Waals surface area contributed by atoms with Gasteiger partial charge in [0.2, 0.25) is 5.28 Å². The van der Waals surface area contributed by atoms with Crippen molar-refractivity contribution in [2.75, 3.05) is 0 Å². The number of imidazole rings is 1. The lowest BCUT2D eigenvalue weighted by atomic mass is 11.0. The largest absolute Gasteiger partial charge is 0.447 e. The van der Waals surface area contributed by atoms with Gasteiger partial charge in [0.1, 0.15) is 5.03 Å². The molecule has 0 saturated heterocycles. The zero-order valence-electron chi connectivity index (χ0n) is 4.94. The van der Waals surface area contributed by atoms with Crippen LogP contribution in [0.1, 0.15) is 0 Å². The summed E-state index contributed by atoms with van der Waals surface area (Å²) in [6, 6.07) is 0. The zero-order valence-corrected chi connectivity index (χ0v) is 6.52. The normalized spacial score (nSPS) is 12.0. The van der Waals surface area contributed by atoms with Crippen LogP contribution >= 0.6 is 23.4 Å². The molecule has 1 N–H and O–H groups in total. The molecule has 11 heavy (non-hydrogen) atoms. The van der Waals surface area contributed by atoms with Crippen molar-refractivity contribution in [3.8, 4) is 0 Å². The summed E-state index contributed by atoms with van der Waals surface area (Å²) >= 11 is 4.96. The molecule has 0 aliphatic rings. The second kappa shape index (κ2) is 2.94. The monoisotopic (exact) mass is 202 g/mol. The molecule has 0 unspecified atom stereocenters. The van der Waals surface area contributed by atoms with Crippen molar-refractivity contribution >= 4 is 23.4 Å². The Labute approximate surface area is 69.1 Å². The average Bonchev–Trinajstić information content (AvgIpc) is 2.10. The molecule has 62 valence electrons. The van der Waals surface area contributed by atoms with Crippen molar-refractivity contribution in [3.63, 3.8) is 0 Å². The number of aromatic nitrogens is 2. The van der Waals surface area contributed by atoms with Crippen molar-refractivity contribution < 1.29 is 13.2 Å². The van der Waals surface area contributed by atoms with Crippen LogP contribution in [-0.2, 0) is 0 Å². The van der Waals surface area contributed by atoms with E-state index in [1.54, 1.807) is 0 Å². The third-order valence-corrected chi connectivity index (χ3v) is 1.60. The molecule has 2 nitrogen and oxygen atoms in total. The number of hydrogen-bond acceptors (Lipinski definition) is 2. The first-order valence-corrected chi connectivity index (χ1v) is 3.63.